The number of nitrogens with one attached hydrogen (secondary N) is 1. The van der Waals surface area contributed by atoms with E-state index in [1.54, 1.807) is 37.3 Å². The molecule has 23 heavy (non-hydrogen) atoms. The van der Waals surface area contributed by atoms with E-state index in [0.717, 1.165) is 0 Å². The van der Waals surface area contributed by atoms with Crippen LogP contribution in [0, 0.1) is 5.82 Å². The second kappa shape index (κ2) is 7.74. The fourth-order valence-corrected chi connectivity index (χ4v) is 2.15. The summed E-state index contributed by atoms with van der Waals surface area (Å²) < 4.78 is 24.7. The third-order valence-corrected chi connectivity index (χ3v) is 3.63. The molecule has 2 aromatic rings. The molecule has 0 spiro atoms. The van der Waals surface area contributed by atoms with Crippen LogP contribution in [0.15, 0.2) is 54.6 Å². The van der Waals surface area contributed by atoms with Crippen molar-refractivity contribution >= 4 is 5.91 Å². The summed E-state index contributed by atoms with van der Waals surface area (Å²) in [6, 6.07) is 15.4. The lowest BCUT2D eigenvalue weighted by Gasteiger charge is -2.29. The van der Waals surface area contributed by atoms with Gasteiger partial charge in [0, 0.05) is 12.7 Å². The number of ether oxygens (including phenoxy) is 2. The van der Waals surface area contributed by atoms with Crippen molar-refractivity contribution in [2.45, 2.75) is 12.5 Å². The fraction of sp³-hybridized carbons (Fsp3) is 0.278. The molecule has 0 aliphatic heterocycles. The third kappa shape index (κ3) is 4.53. The lowest BCUT2D eigenvalue weighted by Crippen LogP contribution is -2.42. The van der Waals surface area contributed by atoms with Crippen LogP contribution in [-0.4, -0.2) is 26.2 Å². The highest BCUT2D eigenvalue weighted by atomic mass is 19.1. The van der Waals surface area contributed by atoms with Crippen molar-refractivity contribution in [2.24, 2.45) is 0 Å². The normalized spacial score (nSPS) is 13.2. The van der Waals surface area contributed by atoms with Crippen LogP contribution in [0.5, 0.6) is 5.75 Å². The van der Waals surface area contributed by atoms with Gasteiger partial charge in [-0.25, -0.2) is 4.39 Å². The van der Waals surface area contributed by atoms with Crippen LogP contribution in [0.25, 0.3) is 0 Å². The molecule has 122 valence electrons. The molecular weight excluding hydrogens is 297 g/mol. The molecule has 0 bridgehead atoms. The number of benzene rings is 2. The Morgan fingerprint density at radius 1 is 1.13 bits per heavy atom. The van der Waals surface area contributed by atoms with Gasteiger partial charge in [-0.2, -0.15) is 0 Å². The predicted molar refractivity (Wildman–Crippen MR) is 85.7 cm³/mol. The first-order valence-electron chi connectivity index (χ1n) is 7.30. The maximum absolute atomic E-state index is 13.9. The molecule has 0 saturated heterocycles. The van der Waals surface area contributed by atoms with Crippen LogP contribution in [0.2, 0.25) is 0 Å². The number of amides is 1. The number of carbonyl (C=O) groups is 1. The van der Waals surface area contributed by atoms with E-state index in [2.05, 4.69) is 5.32 Å². The summed E-state index contributed by atoms with van der Waals surface area (Å²) >= 11 is 0. The molecule has 0 aliphatic carbocycles. The van der Waals surface area contributed by atoms with Crippen LogP contribution in [-0.2, 0) is 15.1 Å². The van der Waals surface area contributed by atoms with Gasteiger partial charge in [-0.3, -0.25) is 4.79 Å². The van der Waals surface area contributed by atoms with E-state index in [0.29, 0.717) is 11.3 Å². The van der Waals surface area contributed by atoms with E-state index in [-0.39, 0.29) is 24.9 Å². The number of hydrogen-bond acceptors (Lipinski definition) is 3. The van der Waals surface area contributed by atoms with Gasteiger partial charge in [-0.1, -0.05) is 36.4 Å². The smallest absolute Gasteiger partial charge is 0.258 e. The Labute approximate surface area is 135 Å². The quantitative estimate of drug-likeness (QED) is 0.854. The highest BCUT2D eigenvalue weighted by molar-refractivity contribution is 5.77. The molecule has 0 aromatic heterocycles. The van der Waals surface area contributed by atoms with Gasteiger partial charge in [-0.05, 0) is 25.1 Å². The van der Waals surface area contributed by atoms with Gasteiger partial charge in [0.25, 0.3) is 5.91 Å². The minimum atomic E-state index is -0.951. The zero-order valence-electron chi connectivity index (χ0n) is 13.2. The largest absolute Gasteiger partial charge is 0.484 e. The van der Waals surface area contributed by atoms with Gasteiger partial charge < -0.3 is 14.8 Å². The molecule has 2 rings (SSSR count). The van der Waals surface area contributed by atoms with Crippen molar-refractivity contribution in [3.8, 4) is 5.75 Å². The maximum atomic E-state index is 13.9. The number of hydrogen-bond donors (Lipinski definition) is 1. The minimum absolute atomic E-state index is 0.110. The molecule has 4 nitrogen and oxygen atoms in total. The number of rotatable bonds is 7. The van der Waals surface area contributed by atoms with E-state index < -0.39 is 5.60 Å². The standard InChI is InChI=1S/C18H20FNO3/c1-18(22-2,15-10-6-7-11-16(15)19)13-20-17(21)12-23-14-8-4-3-5-9-14/h3-11H,12-13H2,1-2H3,(H,20,21)/t18-/m0/s1. The molecule has 5 heteroatoms. The average Bonchev–Trinajstić information content (AvgIpc) is 2.59. The molecule has 0 radical (unpaired) electrons. The summed E-state index contributed by atoms with van der Waals surface area (Å²) in [5.41, 5.74) is -0.555. The molecule has 0 unspecified atom stereocenters. The maximum Gasteiger partial charge on any atom is 0.258 e. The predicted octanol–water partition coefficient (Wildman–Crippen LogP) is 2.88. The zero-order valence-corrected chi connectivity index (χ0v) is 13.2. The topological polar surface area (TPSA) is 47.6 Å². The molecule has 1 N–H and O–H groups in total. The Balaban J connectivity index is 1.92. The number of methoxy groups -OCH3 is 1. The Kier molecular flexibility index (Phi) is 5.71. The fourth-order valence-electron chi connectivity index (χ4n) is 2.15. The molecule has 0 fully saturated rings. The van der Waals surface area contributed by atoms with Gasteiger partial charge in [0.05, 0.1) is 6.54 Å². The van der Waals surface area contributed by atoms with Crippen LogP contribution in [0.1, 0.15) is 12.5 Å². The first-order chi connectivity index (χ1) is 11.0. The summed E-state index contributed by atoms with van der Waals surface area (Å²) in [6.07, 6.45) is 0. The molecule has 1 atom stereocenters. The van der Waals surface area contributed by atoms with Gasteiger partial charge in [0.15, 0.2) is 6.61 Å². The molecule has 0 saturated carbocycles. The van der Waals surface area contributed by atoms with Crippen molar-refractivity contribution < 1.29 is 18.7 Å². The highest BCUT2D eigenvalue weighted by Gasteiger charge is 2.29. The SMILES string of the molecule is CO[C@@](C)(CNC(=O)COc1ccccc1)c1ccccc1F. The van der Waals surface area contributed by atoms with Crippen LogP contribution in [0.3, 0.4) is 0 Å². The highest BCUT2D eigenvalue weighted by Crippen LogP contribution is 2.26. The van der Waals surface area contributed by atoms with Crippen LogP contribution in [0.4, 0.5) is 4.39 Å². The average molecular weight is 317 g/mol. The second-order valence-corrected chi connectivity index (χ2v) is 5.29. The Morgan fingerprint density at radius 2 is 1.78 bits per heavy atom. The minimum Gasteiger partial charge on any atom is -0.484 e. The Bertz CT molecular complexity index is 648. The Hall–Kier alpha value is -2.40. The molecule has 2 aromatic carbocycles. The summed E-state index contributed by atoms with van der Waals surface area (Å²) in [6.45, 7) is 1.76. The summed E-state index contributed by atoms with van der Waals surface area (Å²) in [4.78, 5) is 11.9. The van der Waals surface area contributed by atoms with Crippen molar-refractivity contribution in [3.05, 3.63) is 66.0 Å². The van der Waals surface area contributed by atoms with E-state index in [1.165, 1.54) is 13.2 Å². The van der Waals surface area contributed by atoms with Gasteiger partial charge >= 0.3 is 0 Å². The van der Waals surface area contributed by atoms with Gasteiger partial charge in [-0.15, -0.1) is 0 Å². The van der Waals surface area contributed by atoms with Crippen LogP contribution >= 0.6 is 0 Å². The van der Waals surface area contributed by atoms with Crippen molar-refractivity contribution in [3.63, 3.8) is 0 Å². The van der Waals surface area contributed by atoms with Gasteiger partial charge in [0.1, 0.15) is 17.2 Å². The number of para-hydroxylation sites is 1. The van der Waals surface area contributed by atoms with E-state index in [9.17, 15) is 9.18 Å². The Morgan fingerprint density at radius 3 is 2.43 bits per heavy atom. The van der Waals surface area contributed by atoms with Crippen LogP contribution < -0.4 is 10.1 Å². The second-order valence-electron chi connectivity index (χ2n) is 5.29. The van der Waals surface area contributed by atoms with E-state index in [4.69, 9.17) is 9.47 Å². The van der Waals surface area contributed by atoms with E-state index in [1.807, 2.05) is 18.2 Å². The van der Waals surface area contributed by atoms with Crippen molar-refractivity contribution in [2.75, 3.05) is 20.3 Å². The number of carbonyl (C=O) groups excluding carboxylic acids is 1. The monoisotopic (exact) mass is 317 g/mol. The van der Waals surface area contributed by atoms with Crippen molar-refractivity contribution in [1.29, 1.82) is 0 Å². The lowest BCUT2D eigenvalue weighted by molar-refractivity contribution is -0.124. The van der Waals surface area contributed by atoms with Crippen molar-refractivity contribution in [1.82, 2.24) is 5.32 Å². The third-order valence-electron chi connectivity index (χ3n) is 3.63. The molecule has 1 amide bonds. The zero-order chi connectivity index (χ0) is 16.7. The summed E-state index contributed by atoms with van der Waals surface area (Å²) in [7, 11) is 1.49. The van der Waals surface area contributed by atoms with Gasteiger partial charge in [0.2, 0.25) is 0 Å². The molecule has 0 heterocycles. The summed E-state index contributed by atoms with van der Waals surface area (Å²) in [5.74, 6) is -0.0497. The first kappa shape index (κ1) is 17.0. The molecular formula is C18H20FNO3. The van der Waals surface area contributed by atoms with E-state index >= 15 is 0 Å². The number of halogens is 1. The summed E-state index contributed by atoms with van der Waals surface area (Å²) in [5, 5.41) is 2.71. The lowest BCUT2D eigenvalue weighted by atomic mass is 9.95. The first-order valence-corrected chi connectivity index (χ1v) is 7.30. The molecule has 0 aliphatic rings.